The summed E-state index contributed by atoms with van der Waals surface area (Å²) in [4.78, 5) is 4.48. The molecule has 0 saturated heterocycles. The molecule has 0 radical (unpaired) electrons. The van der Waals surface area contributed by atoms with Crippen molar-refractivity contribution in [3.05, 3.63) is 0 Å². The number of rotatable bonds is 5. The first kappa shape index (κ1) is 10.3. The Morgan fingerprint density at radius 3 is 2.00 bits per heavy atom. The van der Waals surface area contributed by atoms with Gasteiger partial charge in [-0.3, -0.25) is 4.90 Å². The molecule has 62 valence electrons. The molecule has 0 heterocycles. The van der Waals surface area contributed by atoms with Crippen LogP contribution in [-0.2, 0) is 0 Å². The molecule has 0 aliphatic rings. The van der Waals surface area contributed by atoms with E-state index in [1.807, 2.05) is 0 Å². The van der Waals surface area contributed by atoms with Gasteiger partial charge in [0.2, 0.25) is 0 Å². The van der Waals surface area contributed by atoms with Crippen LogP contribution in [0.15, 0.2) is 0 Å². The van der Waals surface area contributed by atoms with Crippen molar-refractivity contribution >= 4 is 12.6 Å². The topological polar surface area (TPSA) is 6.48 Å². The molecular formula is C7H18N2S. The van der Waals surface area contributed by atoms with Crippen LogP contribution in [0.2, 0.25) is 0 Å². The summed E-state index contributed by atoms with van der Waals surface area (Å²) in [5.41, 5.74) is 0. The summed E-state index contributed by atoms with van der Waals surface area (Å²) in [7, 11) is 4.21. The zero-order valence-electron chi connectivity index (χ0n) is 7.17. The van der Waals surface area contributed by atoms with Crippen molar-refractivity contribution in [3.8, 4) is 0 Å². The van der Waals surface area contributed by atoms with Crippen molar-refractivity contribution in [2.24, 2.45) is 0 Å². The fourth-order valence-corrected chi connectivity index (χ4v) is 0.712. The highest BCUT2D eigenvalue weighted by Crippen LogP contribution is 1.86. The summed E-state index contributed by atoms with van der Waals surface area (Å²) in [5.74, 6) is 0.845. The number of hydrogen-bond acceptors (Lipinski definition) is 3. The highest BCUT2D eigenvalue weighted by atomic mass is 32.1. The molecule has 0 saturated carbocycles. The lowest BCUT2D eigenvalue weighted by Gasteiger charge is -2.18. The van der Waals surface area contributed by atoms with Crippen molar-refractivity contribution in [1.82, 2.24) is 9.80 Å². The van der Waals surface area contributed by atoms with E-state index < -0.39 is 0 Å². The Balaban J connectivity index is 3.17. The molecule has 0 aromatic carbocycles. The number of thiol groups is 1. The molecule has 0 atom stereocenters. The Bertz CT molecular complexity index is 68.0. The molecule has 0 aliphatic carbocycles. The first-order valence-electron chi connectivity index (χ1n) is 3.68. The second-order valence-electron chi connectivity index (χ2n) is 2.62. The van der Waals surface area contributed by atoms with Crippen LogP contribution in [0.25, 0.3) is 0 Å². The molecule has 2 nitrogen and oxygen atoms in total. The van der Waals surface area contributed by atoms with Gasteiger partial charge in [0.25, 0.3) is 0 Å². The summed E-state index contributed by atoms with van der Waals surface area (Å²) >= 11 is 4.15. The summed E-state index contributed by atoms with van der Waals surface area (Å²) in [5, 5.41) is 0. The van der Waals surface area contributed by atoms with E-state index in [-0.39, 0.29) is 0 Å². The third-order valence-corrected chi connectivity index (χ3v) is 2.13. The largest absolute Gasteiger partial charge is 0.305 e. The molecule has 0 aromatic heterocycles. The SMILES string of the molecule is CCN(C)CCN(C)CS. The highest BCUT2D eigenvalue weighted by molar-refractivity contribution is 7.80. The van der Waals surface area contributed by atoms with Gasteiger partial charge in [0, 0.05) is 19.0 Å². The number of hydrogen-bond donors (Lipinski definition) is 1. The van der Waals surface area contributed by atoms with Gasteiger partial charge in [-0.05, 0) is 20.6 Å². The van der Waals surface area contributed by atoms with Crippen molar-refractivity contribution in [3.63, 3.8) is 0 Å². The average Bonchev–Trinajstić information content (AvgIpc) is 1.99. The predicted octanol–water partition coefficient (Wildman–Crippen LogP) is 0.757. The fraction of sp³-hybridized carbons (Fsp3) is 1.00. The number of nitrogens with zero attached hydrogens (tertiary/aromatic N) is 2. The Morgan fingerprint density at radius 2 is 1.60 bits per heavy atom. The van der Waals surface area contributed by atoms with Crippen LogP contribution in [0.3, 0.4) is 0 Å². The zero-order chi connectivity index (χ0) is 7.98. The average molecular weight is 162 g/mol. The smallest absolute Gasteiger partial charge is 0.0411 e. The molecule has 0 rings (SSSR count). The van der Waals surface area contributed by atoms with Gasteiger partial charge in [0.05, 0.1) is 0 Å². The first-order chi connectivity index (χ1) is 4.70. The Morgan fingerprint density at radius 1 is 1.10 bits per heavy atom. The van der Waals surface area contributed by atoms with Gasteiger partial charge in [-0.2, -0.15) is 12.6 Å². The quantitative estimate of drug-likeness (QED) is 0.471. The third kappa shape index (κ3) is 5.09. The summed E-state index contributed by atoms with van der Waals surface area (Å²) in [6.07, 6.45) is 0. The van der Waals surface area contributed by atoms with Crippen molar-refractivity contribution < 1.29 is 0 Å². The van der Waals surface area contributed by atoms with Crippen LogP contribution >= 0.6 is 12.6 Å². The van der Waals surface area contributed by atoms with Gasteiger partial charge < -0.3 is 4.90 Å². The van der Waals surface area contributed by atoms with Crippen LogP contribution in [-0.4, -0.2) is 49.4 Å². The summed E-state index contributed by atoms with van der Waals surface area (Å²) in [6, 6.07) is 0. The van der Waals surface area contributed by atoms with E-state index in [0.29, 0.717) is 0 Å². The van der Waals surface area contributed by atoms with Crippen LogP contribution in [0.5, 0.6) is 0 Å². The lowest BCUT2D eigenvalue weighted by molar-refractivity contribution is 0.287. The van der Waals surface area contributed by atoms with Crippen molar-refractivity contribution in [2.45, 2.75) is 6.92 Å². The molecule has 0 fully saturated rings. The fourth-order valence-electron chi connectivity index (χ4n) is 0.570. The van der Waals surface area contributed by atoms with Crippen molar-refractivity contribution in [1.29, 1.82) is 0 Å². The van der Waals surface area contributed by atoms with Gasteiger partial charge in [-0.15, -0.1) is 0 Å². The van der Waals surface area contributed by atoms with Crippen LogP contribution < -0.4 is 0 Å². The van der Waals surface area contributed by atoms with Crippen LogP contribution in [0.1, 0.15) is 6.92 Å². The first-order valence-corrected chi connectivity index (χ1v) is 4.32. The lowest BCUT2D eigenvalue weighted by Crippen LogP contribution is -2.29. The normalized spacial score (nSPS) is 11.4. The van der Waals surface area contributed by atoms with Crippen molar-refractivity contribution in [2.75, 3.05) is 39.6 Å². The van der Waals surface area contributed by atoms with Crippen LogP contribution in [0, 0.1) is 0 Å². The molecule has 0 aromatic rings. The molecule has 0 amide bonds. The Kier molecular flexibility index (Phi) is 6.17. The van der Waals surface area contributed by atoms with E-state index in [9.17, 15) is 0 Å². The van der Waals surface area contributed by atoms with E-state index in [2.05, 4.69) is 43.4 Å². The van der Waals surface area contributed by atoms with E-state index >= 15 is 0 Å². The minimum absolute atomic E-state index is 0.845. The molecule has 0 unspecified atom stereocenters. The minimum atomic E-state index is 0.845. The second kappa shape index (κ2) is 6.01. The van der Waals surface area contributed by atoms with E-state index in [4.69, 9.17) is 0 Å². The second-order valence-corrected chi connectivity index (χ2v) is 2.90. The van der Waals surface area contributed by atoms with Gasteiger partial charge in [-0.1, -0.05) is 6.92 Å². The number of likely N-dealkylation sites (N-methyl/N-ethyl adjacent to an activating group) is 2. The molecular weight excluding hydrogens is 144 g/mol. The monoisotopic (exact) mass is 162 g/mol. The third-order valence-electron chi connectivity index (χ3n) is 1.64. The molecule has 3 heteroatoms. The lowest BCUT2D eigenvalue weighted by atomic mass is 10.5. The van der Waals surface area contributed by atoms with E-state index in [0.717, 1.165) is 25.5 Å². The van der Waals surface area contributed by atoms with Gasteiger partial charge in [0.15, 0.2) is 0 Å². The van der Waals surface area contributed by atoms with Gasteiger partial charge in [0.1, 0.15) is 0 Å². The predicted molar refractivity (Wildman–Crippen MR) is 49.7 cm³/mol. The molecule has 0 aliphatic heterocycles. The zero-order valence-corrected chi connectivity index (χ0v) is 8.06. The van der Waals surface area contributed by atoms with Crippen LogP contribution in [0.4, 0.5) is 0 Å². The minimum Gasteiger partial charge on any atom is -0.305 e. The van der Waals surface area contributed by atoms with Gasteiger partial charge in [-0.25, -0.2) is 0 Å². The molecule has 0 bridgehead atoms. The van der Waals surface area contributed by atoms with E-state index in [1.54, 1.807) is 0 Å². The molecule has 0 spiro atoms. The maximum absolute atomic E-state index is 4.15. The summed E-state index contributed by atoms with van der Waals surface area (Å²) in [6.45, 7) is 5.53. The Labute approximate surface area is 69.6 Å². The maximum Gasteiger partial charge on any atom is 0.0411 e. The van der Waals surface area contributed by atoms with E-state index in [1.165, 1.54) is 0 Å². The molecule has 0 N–H and O–H groups in total. The Hall–Kier alpha value is 0.270. The summed E-state index contributed by atoms with van der Waals surface area (Å²) < 4.78 is 0. The maximum atomic E-state index is 4.15. The highest BCUT2D eigenvalue weighted by Gasteiger charge is 1.96. The van der Waals surface area contributed by atoms with Gasteiger partial charge >= 0.3 is 0 Å². The standard InChI is InChI=1S/C7H18N2S/c1-4-8(2)5-6-9(3)7-10/h10H,4-7H2,1-3H3. The molecule has 10 heavy (non-hydrogen) atoms.